The first kappa shape index (κ1) is 24.8. The molecule has 3 heterocycles. The number of hydrogen-bond donors (Lipinski definition) is 0. The lowest BCUT2D eigenvalue weighted by molar-refractivity contribution is -0.129. The van der Waals surface area contributed by atoms with Crippen molar-refractivity contribution < 1.29 is 19.1 Å². The molecule has 1 spiro atoms. The van der Waals surface area contributed by atoms with Crippen LogP contribution in [0.1, 0.15) is 35.6 Å². The standard InChI is InChI=1S/C30H30ClN3O4/c1-37-26-15-21-11-13-32-14-12-30(18-25(32)24(21)17-27(26)38-2)28(35)34(23-10-6-9-22(31)16-23)29(36)33(30)19-20-7-4-3-5-8-20/h3-10,15-17,25H,11-14,18-19H2,1-2H3/t25-,30+/m1/s1. The number of benzene rings is 3. The van der Waals surface area contributed by atoms with Crippen molar-refractivity contribution >= 4 is 29.2 Å². The molecule has 3 aliphatic rings. The van der Waals surface area contributed by atoms with E-state index in [1.54, 1.807) is 43.4 Å². The van der Waals surface area contributed by atoms with Crippen molar-refractivity contribution in [1.82, 2.24) is 9.80 Å². The highest BCUT2D eigenvalue weighted by Crippen LogP contribution is 2.49. The monoisotopic (exact) mass is 531 g/mol. The molecule has 0 radical (unpaired) electrons. The summed E-state index contributed by atoms with van der Waals surface area (Å²) < 4.78 is 11.2. The zero-order valence-corrected chi connectivity index (χ0v) is 22.3. The van der Waals surface area contributed by atoms with Gasteiger partial charge in [-0.05, 0) is 66.3 Å². The SMILES string of the molecule is COc1cc2c(cc1OC)[C@H]1C[C@@]3(CCN1CC2)C(=O)N(c1cccc(Cl)c1)C(=O)N3Cc1ccccc1. The minimum absolute atomic E-state index is 0.0263. The zero-order valence-electron chi connectivity index (χ0n) is 21.5. The molecule has 0 bridgehead atoms. The number of anilines is 1. The number of hydrogen-bond acceptors (Lipinski definition) is 5. The molecule has 3 amide bonds. The molecule has 196 valence electrons. The molecule has 0 saturated carbocycles. The number of imide groups is 1. The van der Waals surface area contributed by atoms with Gasteiger partial charge >= 0.3 is 6.03 Å². The molecule has 8 heteroatoms. The molecule has 2 atom stereocenters. The maximum Gasteiger partial charge on any atom is 0.332 e. The van der Waals surface area contributed by atoms with Gasteiger partial charge in [-0.25, -0.2) is 9.69 Å². The number of rotatable bonds is 5. The molecule has 2 fully saturated rings. The molecule has 3 aromatic carbocycles. The van der Waals surface area contributed by atoms with E-state index in [-0.39, 0.29) is 18.0 Å². The Balaban J connectivity index is 1.44. The maximum absolute atomic E-state index is 14.4. The van der Waals surface area contributed by atoms with Gasteiger partial charge in [0.15, 0.2) is 11.5 Å². The second kappa shape index (κ2) is 9.64. The Hall–Kier alpha value is -3.55. The van der Waals surface area contributed by atoms with Crippen LogP contribution in [0.2, 0.25) is 5.02 Å². The number of methoxy groups -OCH3 is 2. The van der Waals surface area contributed by atoms with Gasteiger partial charge in [0.25, 0.3) is 5.91 Å². The molecule has 6 rings (SSSR count). The Morgan fingerprint density at radius 3 is 2.45 bits per heavy atom. The molecule has 3 aliphatic heterocycles. The normalized spacial score (nSPS) is 23.0. The fourth-order valence-electron chi connectivity index (χ4n) is 6.32. The van der Waals surface area contributed by atoms with E-state index in [2.05, 4.69) is 11.0 Å². The average Bonchev–Trinajstić information content (AvgIpc) is 3.13. The number of carbonyl (C=O) groups excluding carboxylic acids is 2. The van der Waals surface area contributed by atoms with Gasteiger partial charge in [0.05, 0.1) is 19.9 Å². The van der Waals surface area contributed by atoms with Crippen LogP contribution in [0.4, 0.5) is 10.5 Å². The molecule has 2 saturated heterocycles. The maximum atomic E-state index is 14.4. The van der Waals surface area contributed by atoms with Crippen LogP contribution in [0.25, 0.3) is 0 Å². The third-order valence-corrected chi connectivity index (χ3v) is 8.48. The lowest BCUT2D eigenvalue weighted by Crippen LogP contribution is -2.58. The summed E-state index contributed by atoms with van der Waals surface area (Å²) in [5.41, 5.74) is 2.84. The van der Waals surface area contributed by atoms with E-state index >= 15 is 0 Å². The van der Waals surface area contributed by atoms with E-state index in [4.69, 9.17) is 21.1 Å². The molecule has 0 unspecified atom stereocenters. The fraction of sp³-hybridized carbons (Fsp3) is 0.333. The first-order valence-electron chi connectivity index (χ1n) is 12.9. The van der Waals surface area contributed by atoms with Crippen LogP contribution in [-0.2, 0) is 17.8 Å². The van der Waals surface area contributed by atoms with Crippen LogP contribution in [0.5, 0.6) is 11.5 Å². The Labute approximate surface area is 227 Å². The smallest absolute Gasteiger partial charge is 0.332 e. The third-order valence-electron chi connectivity index (χ3n) is 8.25. The second-order valence-corrected chi connectivity index (χ2v) is 10.6. The summed E-state index contributed by atoms with van der Waals surface area (Å²) >= 11 is 6.27. The van der Waals surface area contributed by atoms with Crippen LogP contribution < -0.4 is 14.4 Å². The Kier molecular flexibility index (Phi) is 6.28. The molecule has 7 nitrogen and oxygen atoms in total. The minimum atomic E-state index is -0.974. The Morgan fingerprint density at radius 2 is 1.71 bits per heavy atom. The molecular formula is C30H30ClN3O4. The van der Waals surface area contributed by atoms with E-state index in [1.807, 2.05) is 36.4 Å². The number of nitrogens with zero attached hydrogens (tertiary/aromatic N) is 3. The van der Waals surface area contributed by atoms with Gasteiger partial charge in [-0.1, -0.05) is 48.0 Å². The Morgan fingerprint density at radius 1 is 0.947 bits per heavy atom. The highest BCUT2D eigenvalue weighted by Gasteiger charge is 2.60. The van der Waals surface area contributed by atoms with E-state index in [0.29, 0.717) is 48.1 Å². The van der Waals surface area contributed by atoms with E-state index < -0.39 is 5.54 Å². The lowest BCUT2D eigenvalue weighted by Gasteiger charge is -2.49. The highest BCUT2D eigenvalue weighted by atomic mass is 35.5. The predicted molar refractivity (Wildman–Crippen MR) is 146 cm³/mol. The summed E-state index contributed by atoms with van der Waals surface area (Å²) in [5, 5.41) is 0.482. The van der Waals surface area contributed by atoms with Crippen LogP contribution >= 0.6 is 11.6 Å². The van der Waals surface area contributed by atoms with Crippen LogP contribution in [-0.4, -0.2) is 54.6 Å². The van der Waals surface area contributed by atoms with E-state index in [9.17, 15) is 9.59 Å². The summed E-state index contributed by atoms with van der Waals surface area (Å²) in [6, 6.07) is 20.6. The second-order valence-electron chi connectivity index (χ2n) is 10.2. The average molecular weight is 532 g/mol. The summed E-state index contributed by atoms with van der Waals surface area (Å²) in [6.07, 6.45) is 1.97. The number of amides is 3. The van der Waals surface area contributed by atoms with Crippen molar-refractivity contribution in [3.63, 3.8) is 0 Å². The minimum Gasteiger partial charge on any atom is -0.493 e. The quantitative estimate of drug-likeness (QED) is 0.409. The van der Waals surface area contributed by atoms with Crippen molar-refractivity contribution in [2.45, 2.75) is 37.4 Å². The first-order chi connectivity index (χ1) is 18.4. The number of fused-ring (bicyclic) bond motifs is 3. The van der Waals surface area contributed by atoms with Crippen LogP contribution in [0, 0.1) is 0 Å². The Bertz CT molecular complexity index is 1400. The lowest BCUT2D eigenvalue weighted by atomic mass is 9.76. The van der Waals surface area contributed by atoms with Gasteiger partial charge in [0.1, 0.15) is 5.54 Å². The number of piperidine rings is 1. The first-order valence-corrected chi connectivity index (χ1v) is 13.3. The third kappa shape index (κ3) is 3.92. The van der Waals surface area contributed by atoms with Gasteiger partial charge in [0.2, 0.25) is 0 Å². The number of ether oxygens (including phenoxy) is 2. The molecule has 3 aromatic rings. The van der Waals surface area contributed by atoms with E-state index in [0.717, 1.165) is 24.1 Å². The van der Waals surface area contributed by atoms with Gasteiger partial charge in [-0.2, -0.15) is 0 Å². The fourth-order valence-corrected chi connectivity index (χ4v) is 6.50. The number of carbonyl (C=O) groups is 2. The summed E-state index contributed by atoms with van der Waals surface area (Å²) in [5.74, 6) is 1.19. The van der Waals surface area contributed by atoms with Crippen molar-refractivity contribution in [2.75, 3.05) is 32.2 Å². The van der Waals surface area contributed by atoms with Crippen molar-refractivity contribution in [3.8, 4) is 11.5 Å². The molecule has 0 aromatic heterocycles. The van der Waals surface area contributed by atoms with E-state index in [1.165, 1.54) is 10.5 Å². The summed E-state index contributed by atoms with van der Waals surface area (Å²) in [4.78, 5) is 33.9. The van der Waals surface area contributed by atoms with Crippen molar-refractivity contribution in [3.05, 3.63) is 88.4 Å². The number of urea groups is 1. The molecule has 0 N–H and O–H groups in total. The largest absolute Gasteiger partial charge is 0.493 e. The molecular weight excluding hydrogens is 502 g/mol. The molecule has 0 aliphatic carbocycles. The number of halogens is 1. The highest BCUT2D eigenvalue weighted by molar-refractivity contribution is 6.31. The predicted octanol–water partition coefficient (Wildman–Crippen LogP) is 5.46. The van der Waals surface area contributed by atoms with Gasteiger partial charge in [-0.15, -0.1) is 0 Å². The molecule has 38 heavy (non-hydrogen) atoms. The van der Waals surface area contributed by atoms with Gasteiger partial charge < -0.3 is 14.4 Å². The van der Waals surface area contributed by atoms with Gasteiger partial charge in [0, 0.05) is 30.7 Å². The van der Waals surface area contributed by atoms with Gasteiger partial charge in [-0.3, -0.25) is 9.69 Å². The van der Waals surface area contributed by atoms with Crippen molar-refractivity contribution in [1.29, 1.82) is 0 Å². The van der Waals surface area contributed by atoms with Crippen LogP contribution in [0.15, 0.2) is 66.7 Å². The summed E-state index contributed by atoms with van der Waals surface area (Å²) in [7, 11) is 3.28. The van der Waals surface area contributed by atoms with Crippen molar-refractivity contribution in [2.24, 2.45) is 0 Å². The topological polar surface area (TPSA) is 62.3 Å². The zero-order chi connectivity index (χ0) is 26.4. The van der Waals surface area contributed by atoms with Crippen LogP contribution in [0.3, 0.4) is 0 Å². The summed E-state index contributed by atoms with van der Waals surface area (Å²) in [6.45, 7) is 1.96.